The zero-order valence-corrected chi connectivity index (χ0v) is 21.2. The van der Waals surface area contributed by atoms with Gasteiger partial charge in [-0.1, -0.05) is 60.7 Å². The Morgan fingerprint density at radius 1 is 1.00 bits per heavy atom. The Kier molecular flexibility index (Phi) is 7.80. The van der Waals surface area contributed by atoms with E-state index < -0.39 is 0 Å². The topological polar surface area (TPSA) is 59.9 Å². The first kappa shape index (κ1) is 23.8. The molecular formula is C28H25IN2O3. The highest BCUT2D eigenvalue weighted by atomic mass is 127. The molecule has 0 radical (unpaired) electrons. The van der Waals surface area contributed by atoms with Gasteiger partial charge in [-0.3, -0.25) is 4.79 Å². The van der Waals surface area contributed by atoms with E-state index >= 15 is 0 Å². The molecule has 1 amide bonds. The van der Waals surface area contributed by atoms with Crippen LogP contribution in [0, 0.1) is 10.5 Å². The van der Waals surface area contributed by atoms with Crippen LogP contribution < -0.4 is 14.9 Å². The van der Waals surface area contributed by atoms with E-state index in [1.807, 2.05) is 62.4 Å². The molecule has 0 spiro atoms. The average molecular weight is 564 g/mol. The molecule has 6 heteroatoms. The van der Waals surface area contributed by atoms with Crippen LogP contribution in [0.25, 0.3) is 10.8 Å². The number of carbonyl (C=O) groups excluding carboxylic acids is 1. The maximum absolute atomic E-state index is 12.4. The fourth-order valence-corrected chi connectivity index (χ4v) is 4.47. The van der Waals surface area contributed by atoms with Crippen molar-refractivity contribution in [2.75, 3.05) is 6.61 Å². The monoisotopic (exact) mass is 564 g/mol. The molecule has 4 aromatic carbocycles. The van der Waals surface area contributed by atoms with E-state index in [9.17, 15) is 4.79 Å². The van der Waals surface area contributed by atoms with Gasteiger partial charge in [0, 0.05) is 5.56 Å². The number of nitrogens with zero attached hydrogens (tertiary/aromatic N) is 1. The summed E-state index contributed by atoms with van der Waals surface area (Å²) >= 11 is 2.24. The molecule has 0 saturated heterocycles. The Bertz CT molecular complexity index is 1350. The van der Waals surface area contributed by atoms with E-state index in [1.54, 1.807) is 12.3 Å². The Balaban J connectivity index is 1.51. The Morgan fingerprint density at radius 3 is 2.59 bits per heavy atom. The van der Waals surface area contributed by atoms with E-state index in [4.69, 9.17) is 9.47 Å². The predicted octanol–water partition coefficient (Wildman–Crippen LogP) is 6.49. The van der Waals surface area contributed by atoms with Gasteiger partial charge in [0.15, 0.2) is 11.5 Å². The molecule has 5 nitrogen and oxygen atoms in total. The Morgan fingerprint density at radius 2 is 1.76 bits per heavy atom. The molecule has 172 valence electrons. The molecule has 0 bridgehead atoms. The lowest BCUT2D eigenvalue weighted by atomic mass is 10.1. The van der Waals surface area contributed by atoms with Crippen LogP contribution in [-0.4, -0.2) is 18.7 Å². The van der Waals surface area contributed by atoms with Gasteiger partial charge in [-0.2, -0.15) is 5.10 Å². The maximum Gasteiger partial charge on any atom is 0.271 e. The molecule has 4 rings (SSSR count). The number of rotatable bonds is 8. The van der Waals surface area contributed by atoms with E-state index in [0.29, 0.717) is 30.3 Å². The number of nitrogens with one attached hydrogen (secondary N) is 1. The number of benzene rings is 4. The highest BCUT2D eigenvalue weighted by Crippen LogP contribution is 2.35. The molecule has 4 aromatic rings. The SMILES string of the molecule is CCOc1cc(/C=N\NC(=O)c2ccccc2C)cc(I)c1OCc1cccc2ccccc12. The van der Waals surface area contributed by atoms with Gasteiger partial charge in [-0.15, -0.1) is 0 Å². The number of ether oxygens (including phenoxy) is 2. The first-order valence-corrected chi connectivity index (χ1v) is 12.1. The number of fused-ring (bicyclic) bond motifs is 1. The summed E-state index contributed by atoms with van der Waals surface area (Å²) in [4.78, 5) is 12.4. The van der Waals surface area contributed by atoms with Crippen molar-refractivity contribution in [1.29, 1.82) is 0 Å². The van der Waals surface area contributed by atoms with Crippen LogP contribution in [-0.2, 0) is 6.61 Å². The van der Waals surface area contributed by atoms with Crippen LogP contribution in [0.5, 0.6) is 11.5 Å². The van der Waals surface area contributed by atoms with Crippen LogP contribution in [0.2, 0.25) is 0 Å². The molecule has 0 atom stereocenters. The average Bonchev–Trinajstić information content (AvgIpc) is 2.84. The lowest BCUT2D eigenvalue weighted by Gasteiger charge is -2.15. The van der Waals surface area contributed by atoms with Crippen LogP contribution >= 0.6 is 22.6 Å². The van der Waals surface area contributed by atoms with Gasteiger partial charge in [0.25, 0.3) is 5.91 Å². The fourth-order valence-electron chi connectivity index (χ4n) is 3.69. The van der Waals surface area contributed by atoms with Gasteiger partial charge in [-0.05, 0) is 82.1 Å². The number of hydrazone groups is 1. The molecule has 0 unspecified atom stereocenters. The zero-order chi connectivity index (χ0) is 23.9. The molecule has 0 fully saturated rings. The summed E-state index contributed by atoms with van der Waals surface area (Å²) in [7, 11) is 0. The second-order valence-corrected chi connectivity index (χ2v) is 8.87. The normalized spacial score (nSPS) is 11.0. The molecule has 0 aliphatic rings. The minimum atomic E-state index is -0.246. The molecule has 1 N–H and O–H groups in total. The Hall–Kier alpha value is -3.39. The van der Waals surface area contributed by atoms with Gasteiger partial charge in [0.05, 0.1) is 16.4 Å². The fraction of sp³-hybridized carbons (Fsp3) is 0.143. The second-order valence-electron chi connectivity index (χ2n) is 7.70. The van der Waals surface area contributed by atoms with Crippen LogP contribution in [0.15, 0.2) is 84.0 Å². The number of amides is 1. The van der Waals surface area contributed by atoms with Gasteiger partial charge >= 0.3 is 0 Å². The van der Waals surface area contributed by atoms with Crippen LogP contribution in [0.4, 0.5) is 0 Å². The molecule has 34 heavy (non-hydrogen) atoms. The summed E-state index contributed by atoms with van der Waals surface area (Å²) in [6.07, 6.45) is 1.61. The first-order valence-electron chi connectivity index (χ1n) is 11.0. The zero-order valence-electron chi connectivity index (χ0n) is 19.0. The number of hydrogen-bond acceptors (Lipinski definition) is 4. The van der Waals surface area contributed by atoms with Crippen molar-refractivity contribution in [3.8, 4) is 11.5 Å². The first-order chi connectivity index (χ1) is 16.6. The second kappa shape index (κ2) is 11.2. The van der Waals surface area contributed by atoms with Gasteiger partial charge in [-0.25, -0.2) is 5.43 Å². The van der Waals surface area contributed by atoms with Crippen LogP contribution in [0.1, 0.15) is 34.0 Å². The third-order valence-corrected chi connectivity index (χ3v) is 6.15. The van der Waals surface area contributed by atoms with Gasteiger partial charge < -0.3 is 9.47 Å². The molecule has 0 saturated carbocycles. The largest absolute Gasteiger partial charge is 0.490 e. The summed E-state index contributed by atoms with van der Waals surface area (Å²) in [5.74, 6) is 1.09. The van der Waals surface area contributed by atoms with Crippen LogP contribution in [0.3, 0.4) is 0 Å². The standard InChI is InChI=1S/C28H25IN2O3/c1-3-33-26-16-20(17-30-31-28(32)23-13-6-4-9-19(23)2)15-25(29)27(26)34-18-22-12-8-11-21-10-5-7-14-24(21)22/h4-17H,3,18H2,1-2H3,(H,31,32)/b30-17-. The number of hydrogen-bond donors (Lipinski definition) is 1. The summed E-state index contributed by atoms with van der Waals surface area (Å²) < 4.78 is 13.0. The molecule has 0 heterocycles. The smallest absolute Gasteiger partial charge is 0.271 e. The quantitative estimate of drug-likeness (QED) is 0.151. The van der Waals surface area contributed by atoms with E-state index in [0.717, 1.165) is 20.3 Å². The summed E-state index contributed by atoms with van der Waals surface area (Å²) in [6.45, 7) is 4.76. The summed E-state index contributed by atoms with van der Waals surface area (Å²) in [5, 5.41) is 6.49. The molecule has 0 aliphatic carbocycles. The lowest BCUT2D eigenvalue weighted by molar-refractivity contribution is 0.0954. The van der Waals surface area contributed by atoms with Gasteiger partial charge in [0.2, 0.25) is 0 Å². The number of aryl methyl sites for hydroxylation is 1. The maximum atomic E-state index is 12.4. The summed E-state index contributed by atoms with van der Waals surface area (Å²) in [5.41, 5.74) is 6.00. The van der Waals surface area contributed by atoms with Crippen molar-refractivity contribution in [2.45, 2.75) is 20.5 Å². The van der Waals surface area contributed by atoms with Crippen molar-refractivity contribution in [3.63, 3.8) is 0 Å². The molecule has 0 aromatic heterocycles. The van der Waals surface area contributed by atoms with Crippen molar-refractivity contribution >= 4 is 45.5 Å². The van der Waals surface area contributed by atoms with Crippen molar-refractivity contribution in [1.82, 2.24) is 5.43 Å². The van der Waals surface area contributed by atoms with Crippen molar-refractivity contribution in [3.05, 3.63) is 105 Å². The minimum absolute atomic E-state index is 0.246. The molecule has 0 aliphatic heterocycles. The predicted molar refractivity (Wildman–Crippen MR) is 145 cm³/mol. The lowest BCUT2D eigenvalue weighted by Crippen LogP contribution is -2.18. The molecular weight excluding hydrogens is 539 g/mol. The minimum Gasteiger partial charge on any atom is -0.490 e. The van der Waals surface area contributed by atoms with E-state index in [-0.39, 0.29) is 5.91 Å². The van der Waals surface area contributed by atoms with Crippen molar-refractivity contribution < 1.29 is 14.3 Å². The number of halogens is 1. The highest BCUT2D eigenvalue weighted by molar-refractivity contribution is 14.1. The number of carbonyl (C=O) groups is 1. The van der Waals surface area contributed by atoms with E-state index in [1.165, 1.54) is 10.8 Å². The van der Waals surface area contributed by atoms with E-state index in [2.05, 4.69) is 57.4 Å². The Labute approximate surface area is 212 Å². The van der Waals surface area contributed by atoms with Crippen molar-refractivity contribution in [2.24, 2.45) is 5.10 Å². The highest BCUT2D eigenvalue weighted by Gasteiger charge is 2.13. The summed E-state index contributed by atoms with van der Waals surface area (Å²) in [6, 6.07) is 25.7. The third-order valence-electron chi connectivity index (χ3n) is 5.35. The third kappa shape index (κ3) is 5.56. The van der Waals surface area contributed by atoms with Gasteiger partial charge in [0.1, 0.15) is 6.61 Å².